The molecule has 0 atom stereocenters. The Kier molecular flexibility index (Phi) is 2.50. The van der Waals surface area contributed by atoms with Gasteiger partial charge in [0, 0.05) is 22.9 Å². The van der Waals surface area contributed by atoms with E-state index in [0.29, 0.717) is 16.3 Å². The number of fused-ring (bicyclic) bond motifs is 4. The molecule has 0 saturated carbocycles. The van der Waals surface area contributed by atoms with Gasteiger partial charge in [0.15, 0.2) is 5.43 Å². The van der Waals surface area contributed by atoms with Crippen LogP contribution < -0.4 is 5.43 Å². The second kappa shape index (κ2) is 4.39. The van der Waals surface area contributed by atoms with Gasteiger partial charge in [-0.25, -0.2) is 0 Å². The SMILES string of the molecule is O=c1c2cc([N+](=O)[O-])ccc2[nH]c2c1ccc1ccccc12. The molecule has 0 fully saturated rings. The average Bonchev–Trinajstić information content (AvgIpc) is 2.54. The molecule has 3 aromatic carbocycles. The minimum atomic E-state index is -0.497. The summed E-state index contributed by atoms with van der Waals surface area (Å²) < 4.78 is 0. The van der Waals surface area contributed by atoms with Gasteiger partial charge in [0.1, 0.15) is 0 Å². The Morgan fingerprint density at radius 3 is 2.55 bits per heavy atom. The summed E-state index contributed by atoms with van der Waals surface area (Å²) in [5, 5.41) is 13.7. The molecule has 0 aliphatic heterocycles. The molecular weight excluding hydrogens is 280 g/mol. The predicted octanol–water partition coefficient (Wildman–Crippen LogP) is 3.74. The first kappa shape index (κ1) is 12.5. The van der Waals surface area contributed by atoms with Crippen molar-refractivity contribution in [2.24, 2.45) is 0 Å². The van der Waals surface area contributed by atoms with E-state index in [1.54, 1.807) is 12.1 Å². The van der Waals surface area contributed by atoms with Gasteiger partial charge in [-0.15, -0.1) is 0 Å². The zero-order valence-corrected chi connectivity index (χ0v) is 11.4. The fraction of sp³-hybridized carbons (Fsp3) is 0. The van der Waals surface area contributed by atoms with E-state index >= 15 is 0 Å². The number of nitro groups is 1. The number of aromatic nitrogens is 1. The topological polar surface area (TPSA) is 76.0 Å². The number of aromatic amines is 1. The molecule has 22 heavy (non-hydrogen) atoms. The molecule has 0 aliphatic carbocycles. The summed E-state index contributed by atoms with van der Waals surface area (Å²) in [5.74, 6) is 0. The third kappa shape index (κ3) is 1.69. The maximum atomic E-state index is 12.7. The summed E-state index contributed by atoms with van der Waals surface area (Å²) in [6, 6.07) is 15.7. The van der Waals surface area contributed by atoms with Gasteiger partial charge in [-0.1, -0.05) is 30.3 Å². The fourth-order valence-electron chi connectivity index (χ4n) is 2.82. The van der Waals surface area contributed by atoms with Gasteiger partial charge in [0.05, 0.1) is 21.3 Å². The smallest absolute Gasteiger partial charge is 0.270 e. The van der Waals surface area contributed by atoms with Gasteiger partial charge in [-0.3, -0.25) is 14.9 Å². The molecule has 5 nitrogen and oxygen atoms in total. The molecule has 1 heterocycles. The second-order valence-electron chi connectivity index (χ2n) is 5.15. The highest BCUT2D eigenvalue weighted by molar-refractivity contribution is 6.08. The van der Waals surface area contributed by atoms with Crippen LogP contribution in [0.1, 0.15) is 0 Å². The highest BCUT2D eigenvalue weighted by atomic mass is 16.6. The number of pyridine rings is 1. The number of non-ortho nitro benzene ring substituents is 1. The molecule has 4 aromatic rings. The Morgan fingerprint density at radius 2 is 1.73 bits per heavy atom. The number of benzene rings is 3. The lowest BCUT2D eigenvalue weighted by Gasteiger charge is -2.06. The molecule has 106 valence electrons. The molecule has 0 bridgehead atoms. The van der Waals surface area contributed by atoms with Crippen molar-refractivity contribution >= 4 is 38.3 Å². The van der Waals surface area contributed by atoms with Gasteiger partial charge >= 0.3 is 0 Å². The number of rotatable bonds is 1. The summed E-state index contributed by atoms with van der Waals surface area (Å²) in [6.45, 7) is 0. The van der Waals surface area contributed by atoms with Crippen LogP contribution in [0.5, 0.6) is 0 Å². The van der Waals surface area contributed by atoms with E-state index in [1.807, 2.05) is 30.3 Å². The molecule has 1 N–H and O–H groups in total. The van der Waals surface area contributed by atoms with Crippen molar-refractivity contribution in [1.29, 1.82) is 0 Å². The third-order valence-corrected chi connectivity index (χ3v) is 3.89. The van der Waals surface area contributed by atoms with Crippen LogP contribution in [0.3, 0.4) is 0 Å². The monoisotopic (exact) mass is 290 g/mol. The van der Waals surface area contributed by atoms with Crippen molar-refractivity contribution in [2.75, 3.05) is 0 Å². The number of nitro benzene ring substituents is 1. The van der Waals surface area contributed by atoms with Crippen molar-refractivity contribution in [1.82, 2.24) is 4.98 Å². The van der Waals surface area contributed by atoms with Crippen LogP contribution in [0.15, 0.2) is 59.4 Å². The average molecular weight is 290 g/mol. The first-order valence-electron chi connectivity index (χ1n) is 6.77. The fourth-order valence-corrected chi connectivity index (χ4v) is 2.82. The summed E-state index contributed by atoms with van der Waals surface area (Å²) in [7, 11) is 0. The van der Waals surface area contributed by atoms with E-state index in [0.717, 1.165) is 16.3 Å². The van der Waals surface area contributed by atoms with Crippen molar-refractivity contribution in [3.8, 4) is 0 Å². The minimum absolute atomic E-state index is 0.0851. The Labute approximate surface area is 124 Å². The van der Waals surface area contributed by atoms with Gasteiger partial charge in [0.2, 0.25) is 0 Å². The zero-order chi connectivity index (χ0) is 15.3. The Balaban J connectivity index is 2.21. The van der Waals surface area contributed by atoms with Crippen molar-refractivity contribution in [3.05, 3.63) is 74.9 Å². The maximum absolute atomic E-state index is 12.7. The Bertz CT molecular complexity index is 1130. The summed E-state index contributed by atoms with van der Waals surface area (Å²) in [6.07, 6.45) is 0. The van der Waals surface area contributed by atoms with Crippen LogP contribution in [0.4, 0.5) is 5.69 Å². The van der Waals surface area contributed by atoms with Gasteiger partial charge in [-0.05, 0) is 17.5 Å². The Hall–Kier alpha value is -3.21. The second-order valence-corrected chi connectivity index (χ2v) is 5.15. The van der Waals surface area contributed by atoms with Crippen molar-refractivity contribution in [3.63, 3.8) is 0 Å². The van der Waals surface area contributed by atoms with Crippen LogP contribution in [0, 0.1) is 10.1 Å². The highest BCUT2D eigenvalue weighted by Gasteiger charge is 2.12. The van der Waals surface area contributed by atoms with Crippen molar-refractivity contribution < 1.29 is 4.92 Å². The lowest BCUT2D eigenvalue weighted by atomic mass is 10.0. The number of nitrogens with one attached hydrogen (secondary N) is 1. The van der Waals surface area contributed by atoms with E-state index in [1.165, 1.54) is 12.1 Å². The third-order valence-electron chi connectivity index (χ3n) is 3.89. The van der Waals surface area contributed by atoms with E-state index in [-0.39, 0.29) is 11.1 Å². The molecule has 0 spiro atoms. The van der Waals surface area contributed by atoms with Gasteiger partial charge in [-0.2, -0.15) is 0 Å². The van der Waals surface area contributed by atoms with E-state index < -0.39 is 4.92 Å². The number of H-pyrrole nitrogens is 1. The highest BCUT2D eigenvalue weighted by Crippen LogP contribution is 2.25. The quantitative estimate of drug-likeness (QED) is 0.251. The first-order valence-corrected chi connectivity index (χ1v) is 6.77. The summed E-state index contributed by atoms with van der Waals surface area (Å²) in [4.78, 5) is 26.3. The zero-order valence-electron chi connectivity index (χ0n) is 11.4. The number of nitrogens with zero attached hydrogens (tertiary/aromatic N) is 1. The molecule has 4 rings (SSSR count). The molecule has 0 amide bonds. The predicted molar refractivity (Wildman–Crippen MR) is 86.2 cm³/mol. The van der Waals surface area contributed by atoms with Crippen LogP contribution >= 0.6 is 0 Å². The standard InChI is InChI=1S/C17H10N2O3/c20-17-13-7-5-10-3-1-2-4-12(10)16(13)18-15-8-6-11(19(21)22)9-14(15)17/h1-9H,(H,18,20). The molecule has 5 heteroatoms. The van der Waals surface area contributed by atoms with Crippen LogP contribution in [0.2, 0.25) is 0 Å². The summed E-state index contributed by atoms with van der Waals surface area (Å²) >= 11 is 0. The van der Waals surface area contributed by atoms with Crippen LogP contribution in [0.25, 0.3) is 32.6 Å². The van der Waals surface area contributed by atoms with Crippen LogP contribution in [-0.2, 0) is 0 Å². The number of hydrogen-bond acceptors (Lipinski definition) is 3. The van der Waals surface area contributed by atoms with E-state index in [9.17, 15) is 14.9 Å². The largest absolute Gasteiger partial charge is 0.354 e. The van der Waals surface area contributed by atoms with E-state index in [2.05, 4.69) is 4.98 Å². The lowest BCUT2D eigenvalue weighted by molar-refractivity contribution is -0.384. The van der Waals surface area contributed by atoms with Crippen molar-refractivity contribution in [2.45, 2.75) is 0 Å². The lowest BCUT2D eigenvalue weighted by Crippen LogP contribution is -2.05. The molecule has 0 radical (unpaired) electrons. The van der Waals surface area contributed by atoms with Gasteiger partial charge < -0.3 is 4.98 Å². The maximum Gasteiger partial charge on any atom is 0.270 e. The Morgan fingerprint density at radius 1 is 0.909 bits per heavy atom. The minimum Gasteiger partial charge on any atom is -0.354 e. The number of hydrogen-bond donors (Lipinski definition) is 1. The normalized spacial score (nSPS) is 11.3. The molecular formula is C17H10N2O3. The molecule has 1 aromatic heterocycles. The van der Waals surface area contributed by atoms with E-state index in [4.69, 9.17) is 0 Å². The molecule has 0 saturated heterocycles. The molecule has 0 aliphatic rings. The van der Waals surface area contributed by atoms with Crippen LogP contribution in [-0.4, -0.2) is 9.91 Å². The first-order chi connectivity index (χ1) is 10.6. The summed E-state index contributed by atoms with van der Waals surface area (Å²) in [5.41, 5.74) is 1.07. The van der Waals surface area contributed by atoms with Gasteiger partial charge in [0.25, 0.3) is 5.69 Å². The molecule has 0 unspecified atom stereocenters.